The molecule has 0 bridgehead atoms. The molecule has 0 fully saturated rings. The molecular weight excluding hydrogens is 226 g/mol. The lowest BCUT2D eigenvalue weighted by Crippen LogP contribution is -2.28. The number of benzene rings is 1. The smallest absolute Gasteiger partial charge is 0.175 e. The molecule has 0 spiro atoms. The quantitative estimate of drug-likeness (QED) is 0.663. The number of hydrogen-bond donors (Lipinski definition) is 1. The van der Waals surface area contributed by atoms with E-state index in [0.29, 0.717) is 11.3 Å². The van der Waals surface area contributed by atoms with Crippen molar-refractivity contribution in [1.29, 1.82) is 0 Å². The van der Waals surface area contributed by atoms with Crippen LogP contribution >= 0.6 is 0 Å². The lowest BCUT2D eigenvalue weighted by Gasteiger charge is -2.23. The second kappa shape index (κ2) is 4.29. The fraction of sp³-hybridized carbons (Fsp3) is 0.286. The van der Waals surface area contributed by atoms with Crippen molar-refractivity contribution in [3.63, 3.8) is 0 Å². The average molecular weight is 243 g/mol. The number of carbonyl (C=O) groups excluding carboxylic acids is 1. The lowest BCUT2D eigenvalue weighted by atomic mass is 9.78. The van der Waals surface area contributed by atoms with E-state index in [9.17, 15) is 4.79 Å². The summed E-state index contributed by atoms with van der Waals surface area (Å²) in [6.07, 6.45) is 3.34. The van der Waals surface area contributed by atoms with Crippen molar-refractivity contribution in [1.82, 2.24) is 9.78 Å². The number of Topliss-reactive ketones (excluding diaryl/α,β-unsaturated/α-hetero) is 1. The van der Waals surface area contributed by atoms with Gasteiger partial charge in [0.05, 0.1) is 17.2 Å². The maximum absolute atomic E-state index is 12.5. The summed E-state index contributed by atoms with van der Waals surface area (Å²) in [6.45, 7) is 3.82. The molecule has 2 N–H and O–H groups in total. The minimum atomic E-state index is -0.587. The monoisotopic (exact) mass is 243 g/mol. The zero-order valence-corrected chi connectivity index (χ0v) is 10.8. The zero-order chi connectivity index (χ0) is 13.3. The van der Waals surface area contributed by atoms with Crippen molar-refractivity contribution >= 4 is 11.5 Å². The Morgan fingerprint density at radius 2 is 1.89 bits per heavy atom. The molecule has 1 aromatic heterocycles. The number of nitrogens with two attached hydrogens (primary N) is 1. The molecule has 0 aliphatic carbocycles. The van der Waals surface area contributed by atoms with Gasteiger partial charge in [0.25, 0.3) is 0 Å². The number of ketones is 1. The first kappa shape index (κ1) is 12.4. The van der Waals surface area contributed by atoms with Crippen LogP contribution in [-0.2, 0) is 12.5 Å². The molecule has 0 unspecified atom stereocenters. The van der Waals surface area contributed by atoms with Crippen LogP contribution in [0, 0.1) is 0 Å². The molecule has 0 saturated carbocycles. The Morgan fingerprint density at radius 1 is 1.28 bits per heavy atom. The van der Waals surface area contributed by atoms with Crippen LogP contribution in [-0.4, -0.2) is 15.6 Å². The third kappa shape index (κ3) is 2.14. The Balaban J connectivity index is 2.36. The van der Waals surface area contributed by atoms with Crippen LogP contribution in [0.25, 0.3) is 0 Å². The van der Waals surface area contributed by atoms with E-state index in [1.807, 2.05) is 38.1 Å². The molecule has 0 aliphatic rings. The maximum Gasteiger partial charge on any atom is 0.175 e. The molecular formula is C14H17N3O. The minimum Gasteiger partial charge on any atom is -0.399 e. The van der Waals surface area contributed by atoms with E-state index in [0.717, 1.165) is 5.56 Å². The van der Waals surface area contributed by atoms with Crippen molar-refractivity contribution in [2.75, 3.05) is 5.73 Å². The van der Waals surface area contributed by atoms with Crippen LogP contribution in [0.3, 0.4) is 0 Å². The molecule has 4 nitrogen and oxygen atoms in total. The lowest BCUT2D eigenvalue weighted by molar-refractivity contribution is 0.0908. The van der Waals surface area contributed by atoms with E-state index < -0.39 is 5.41 Å². The van der Waals surface area contributed by atoms with Crippen molar-refractivity contribution in [3.05, 3.63) is 47.8 Å². The molecule has 0 atom stereocenters. The van der Waals surface area contributed by atoms with Crippen LogP contribution in [0.1, 0.15) is 29.8 Å². The second-order valence-corrected chi connectivity index (χ2v) is 4.98. The number of nitrogen functional groups attached to an aromatic ring is 1. The second-order valence-electron chi connectivity index (χ2n) is 4.98. The third-order valence-corrected chi connectivity index (χ3v) is 3.17. The largest absolute Gasteiger partial charge is 0.399 e. The molecule has 2 aromatic rings. The number of aryl methyl sites for hydroxylation is 1. The zero-order valence-electron chi connectivity index (χ0n) is 10.8. The summed E-state index contributed by atoms with van der Waals surface area (Å²) in [5.41, 5.74) is 7.35. The summed E-state index contributed by atoms with van der Waals surface area (Å²) in [5, 5.41) is 4.03. The van der Waals surface area contributed by atoms with Gasteiger partial charge < -0.3 is 5.73 Å². The van der Waals surface area contributed by atoms with Gasteiger partial charge in [-0.15, -0.1) is 0 Å². The first-order chi connectivity index (χ1) is 8.41. The van der Waals surface area contributed by atoms with Crippen molar-refractivity contribution in [3.8, 4) is 0 Å². The Kier molecular flexibility index (Phi) is 2.95. The molecule has 4 heteroatoms. The van der Waals surface area contributed by atoms with E-state index in [1.165, 1.54) is 0 Å². The highest BCUT2D eigenvalue weighted by molar-refractivity contribution is 6.03. The van der Waals surface area contributed by atoms with Gasteiger partial charge in [-0.25, -0.2) is 0 Å². The molecule has 18 heavy (non-hydrogen) atoms. The van der Waals surface area contributed by atoms with E-state index in [1.54, 1.807) is 24.1 Å². The van der Waals surface area contributed by atoms with Crippen LogP contribution in [0.2, 0.25) is 0 Å². The first-order valence-electron chi connectivity index (χ1n) is 5.81. The molecule has 0 radical (unpaired) electrons. The van der Waals surface area contributed by atoms with Crippen LogP contribution in [0.4, 0.5) is 5.69 Å². The molecule has 0 amide bonds. The Hall–Kier alpha value is -2.10. The fourth-order valence-corrected chi connectivity index (χ4v) is 1.93. The Morgan fingerprint density at radius 3 is 2.39 bits per heavy atom. The van der Waals surface area contributed by atoms with Crippen molar-refractivity contribution in [2.24, 2.45) is 7.05 Å². The molecule has 1 heterocycles. The van der Waals surface area contributed by atoms with Gasteiger partial charge in [-0.2, -0.15) is 5.10 Å². The van der Waals surface area contributed by atoms with Crippen molar-refractivity contribution < 1.29 is 4.79 Å². The Bertz CT molecular complexity index is 567. The molecule has 1 aromatic carbocycles. The summed E-state index contributed by atoms with van der Waals surface area (Å²) < 4.78 is 1.63. The number of aromatic nitrogens is 2. The van der Waals surface area contributed by atoms with Crippen LogP contribution in [0.5, 0.6) is 0 Å². The number of anilines is 1. The van der Waals surface area contributed by atoms with Gasteiger partial charge in [-0.3, -0.25) is 9.48 Å². The van der Waals surface area contributed by atoms with E-state index in [4.69, 9.17) is 5.73 Å². The van der Waals surface area contributed by atoms with Gasteiger partial charge in [0.15, 0.2) is 5.78 Å². The summed E-state index contributed by atoms with van der Waals surface area (Å²) in [7, 11) is 1.80. The van der Waals surface area contributed by atoms with Gasteiger partial charge in [0.2, 0.25) is 0 Å². The van der Waals surface area contributed by atoms with Gasteiger partial charge in [0.1, 0.15) is 0 Å². The summed E-state index contributed by atoms with van der Waals surface area (Å²) >= 11 is 0. The van der Waals surface area contributed by atoms with Crippen LogP contribution < -0.4 is 5.73 Å². The van der Waals surface area contributed by atoms with Crippen molar-refractivity contribution in [2.45, 2.75) is 19.3 Å². The standard InChI is InChI=1S/C14H17N3O/c1-14(2,11-4-6-12(15)7-5-11)13(18)10-8-16-17(3)9-10/h4-9H,15H2,1-3H3. The van der Waals surface area contributed by atoms with Gasteiger partial charge in [-0.05, 0) is 31.5 Å². The average Bonchev–Trinajstić information content (AvgIpc) is 2.75. The highest BCUT2D eigenvalue weighted by Gasteiger charge is 2.31. The highest BCUT2D eigenvalue weighted by Crippen LogP contribution is 2.28. The number of hydrogen-bond acceptors (Lipinski definition) is 3. The highest BCUT2D eigenvalue weighted by atomic mass is 16.1. The van der Waals surface area contributed by atoms with Crippen LogP contribution in [0.15, 0.2) is 36.7 Å². The summed E-state index contributed by atoms with van der Waals surface area (Å²) in [6, 6.07) is 7.41. The number of nitrogens with zero attached hydrogens (tertiary/aromatic N) is 2. The van der Waals surface area contributed by atoms with Gasteiger partial charge >= 0.3 is 0 Å². The van der Waals surface area contributed by atoms with Gasteiger partial charge in [-0.1, -0.05) is 12.1 Å². The summed E-state index contributed by atoms with van der Waals surface area (Å²) in [5.74, 6) is 0.0559. The minimum absolute atomic E-state index is 0.0559. The third-order valence-electron chi connectivity index (χ3n) is 3.17. The predicted octanol–water partition coefficient (Wildman–Crippen LogP) is 2.16. The number of rotatable bonds is 3. The SMILES string of the molecule is Cn1cc(C(=O)C(C)(C)c2ccc(N)cc2)cn1. The van der Waals surface area contributed by atoms with E-state index in [-0.39, 0.29) is 5.78 Å². The topological polar surface area (TPSA) is 60.9 Å². The summed E-state index contributed by atoms with van der Waals surface area (Å²) in [4.78, 5) is 12.5. The normalized spacial score (nSPS) is 11.5. The fourth-order valence-electron chi connectivity index (χ4n) is 1.93. The van der Waals surface area contributed by atoms with E-state index in [2.05, 4.69) is 5.10 Å². The predicted molar refractivity (Wildman–Crippen MR) is 71.4 cm³/mol. The van der Waals surface area contributed by atoms with Gasteiger partial charge in [0, 0.05) is 18.9 Å². The Labute approximate surface area is 106 Å². The number of carbonyl (C=O) groups is 1. The molecule has 0 aliphatic heterocycles. The molecule has 94 valence electrons. The molecule has 2 rings (SSSR count). The molecule has 0 saturated heterocycles. The first-order valence-corrected chi connectivity index (χ1v) is 5.81. The van der Waals surface area contributed by atoms with E-state index >= 15 is 0 Å². The maximum atomic E-state index is 12.5.